The van der Waals surface area contributed by atoms with Crippen molar-refractivity contribution in [3.8, 4) is 0 Å². The summed E-state index contributed by atoms with van der Waals surface area (Å²) in [5, 5.41) is 4.13. The highest BCUT2D eigenvalue weighted by Gasteiger charge is 2.22. The standard InChI is InChI=1S/C12H18N2O2/c15-11-7-3-1-5-9(11)13-14-10-6-2-4-8-12(10)16/h9,13H,1-8H2. The Hall–Kier alpha value is -1.19. The molecule has 0 aromatic heterocycles. The number of carbonyl (C=O) groups is 2. The van der Waals surface area contributed by atoms with Crippen molar-refractivity contribution in [1.29, 1.82) is 0 Å². The summed E-state index contributed by atoms with van der Waals surface area (Å²) < 4.78 is 0. The highest BCUT2D eigenvalue weighted by molar-refractivity contribution is 6.40. The van der Waals surface area contributed by atoms with E-state index in [4.69, 9.17) is 0 Å². The van der Waals surface area contributed by atoms with E-state index in [0.717, 1.165) is 38.5 Å². The molecule has 0 aliphatic heterocycles. The Labute approximate surface area is 95.5 Å². The number of nitrogens with zero attached hydrogens (tertiary/aromatic N) is 1. The molecule has 0 spiro atoms. The van der Waals surface area contributed by atoms with Crippen LogP contribution in [0.25, 0.3) is 0 Å². The second kappa shape index (κ2) is 5.23. The Bertz CT molecular complexity index is 323. The molecule has 2 rings (SSSR count). The lowest BCUT2D eigenvalue weighted by atomic mass is 9.94. The lowest BCUT2D eigenvalue weighted by Crippen LogP contribution is -2.37. The molecule has 0 aromatic carbocycles. The molecule has 2 aliphatic carbocycles. The fourth-order valence-electron chi connectivity index (χ4n) is 2.26. The van der Waals surface area contributed by atoms with Crippen molar-refractivity contribution < 1.29 is 9.59 Å². The molecular weight excluding hydrogens is 204 g/mol. The van der Waals surface area contributed by atoms with Crippen LogP contribution in [0.4, 0.5) is 0 Å². The normalized spacial score (nSPS) is 29.5. The van der Waals surface area contributed by atoms with Gasteiger partial charge in [0.25, 0.3) is 0 Å². The van der Waals surface area contributed by atoms with Crippen LogP contribution in [0.1, 0.15) is 51.4 Å². The van der Waals surface area contributed by atoms with Crippen LogP contribution in [0, 0.1) is 0 Å². The summed E-state index contributed by atoms with van der Waals surface area (Å²) >= 11 is 0. The van der Waals surface area contributed by atoms with E-state index in [1.54, 1.807) is 0 Å². The number of carbonyl (C=O) groups excluding carboxylic acids is 2. The smallest absolute Gasteiger partial charge is 0.178 e. The van der Waals surface area contributed by atoms with Gasteiger partial charge in [0.15, 0.2) is 11.6 Å². The van der Waals surface area contributed by atoms with Crippen LogP contribution >= 0.6 is 0 Å². The van der Waals surface area contributed by atoms with Crippen molar-refractivity contribution in [3.05, 3.63) is 0 Å². The predicted molar refractivity (Wildman–Crippen MR) is 61.3 cm³/mol. The van der Waals surface area contributed by atoms with Crippen molar-refractivity contribution in [2.75, 3.05) is 0 Å². The van der Waals surface area contributed by atoms with E-state index in [1.807, 2.05) is 0 Å². The Morgan fingerprint density at radius 3 is 2.50 bits per heavy atom. The SMILES string of the molecule is O=C1CCCCC1=NNC1CCCCC1=O. The van der Waals surface area contributed by atoms with Gasteiger partial charge in [-0.1, -0.05) is 6.42 Å². The van der Waals surface area contributed by atoms with Gasteiger partial charge in [-0.2, -0.15) is 5.10 Å². The number of hydrogen-bond donors (Lipinski definition) is 1. The topological polar surface area (TPSA) is 58.5 Å². The van der Waals surface area contributed by atoms with Crippen LogP contribution in [-0.4, -0.2) is 23.3 Å². The van der Waals surface area contributed by atoms with Crippen LogP contribution in [0.3, 0.4) is 0 Å². The molecule has 4 nitrogen and oxygen atoms in total. The average Bonchev–Trinajstić information content (AvgIpc) is 2.30. The molecule has 0 heterocycles. The van der Waals surface area contributed by atoms with E-state index < -0.39 is 0 Å². The maximum atomic E-state index is 11.5. The molecule has 88 valence electrons. The first-order chi connectivity index (χ1) is 7.77. The van der Waals surface area contributed by atoms with E-state index in [2.05, 4.69) is 10.5 Å². The maximum absolute atomic E-state index is 11.5. The van der Waals surface area contributed by atoms with Crippen molar-refractivity contribution in [3.63, 3.8) is 0 Å². The van der Waals surface area contributed by atoms with Gasteiger partial charge in [0.1, 0.15) is 11.8 Å². The molecule has 2 aliphatic rings. The van der Waals surface area contributed by atoms with Gasteiger partial charge < -0.3 is 0 Å². The molecule has 1 N–H and O–H groups in total. The summed E-state index contributed by atoms with van der Waals surface area (Å²) in [6.07, 6.45) is 6.94. The number of Topliss-reactive ketones (excluding diaryl/α,β-unsaturated/α-hetero) is 2. The highest BCUT2D eigenvalue weighted by atomic mass is 16.1. The van der Waals surface area contributed by atoms with Crippen molar-refractivity contribution in [1.82, 2.24) is 5.43 Å². The molecule has 16 heavy (non-hydrogen) atoms. The number of rotatable bonds is 2. The summed E-state index contributed by atoms with van der Waals surface area (Å²) in [6, 6.07) is -0.157. The minimum atomic E-state index is -0.157. The third kappa shape index (κ3) is 2.68. The lowest BCUT2D eigenvalue weighted by molar-refractivity contribution is -0.122. The van der Waals surface area contributed by atoms with E-state index in [-0.39, 0.29) is 17.6 Å². The van der Waals surface area contributed by atoms with Crippen molar-refractivity contribution in [2.45, 2.75) is 57.4 Å². The first kappa shape index (κ1) is 11.3. The van der Waals surface area contributed by atoms with Gasteiger partial charge in [-0.15, -0.1) is 0 Å². The molecule has 1 atom stereocenters. The summed E-state index contributed by atoms with van der Waals surface area (Å²) in [4.78, 5) is 23.0. The maximum Gasteiger partial charge on any atom is 0.178 e. The Morgan fingerprint density at radius 2 is 1.75 bits per heavy atom. The summed E-state index contributed by atoms with van der Waals surface area (Å²) in [5.74, 6) is 0.376. The van der Waals surface area contributed by atoms with E-state index in [9.17, 15) is 9.59 Å². The zero-order valence-corrected chi connectivity index (χ0v) is 9.50. The number of hydrogen-bond acceptors (Lipinski definition) is 4. The number of nitrogens with one attached hydrogen (secondary N) is 1. The Balaban J connectivity index is 1.91. The minimum Gasteiger partial charge on any atom is -0.299 e. The second-order valence-corrected chi connectivity index (χ2v) is 4.58. The molecule has 0 aromatic rings. The fraction of sp³-hybridized carbons (Fsp3) is 0.750. The molecule has 2 fully saturated rings. The second-order valence-electron chi connectivity index (χ2n) is 4.58. The van der Waals surface area contributed by atoms with Gasteiger partial charge in [0.05, 0.1) is 0 Å². The molecule has 0 amide bonds. The molecule has 0 bridgehead atoms. The van der Waals surface area contributed by atoms with Gasteiger partial charge in [0, 0.05) is 12.8 Å². The zero-order valence-electron chi connectivity index (χ0n) is 9.50. The van der Waals surface area contributed by atoms with Crippen LogP contribution in [0.15, 0.2) is 5.10 Å². The Morgan fingerprint density at radius 1 is 1.00 bits per heavy atom. The first-order valence-corrected chi connectivity index (χ1v) is 6.15. The number of hydrazone groups is 1. The van der Waals surface area contributed by atoms with Gasteiger partial charge >= 0.3 is 0 Å². The van der Waals surface area contributed by atoms with Gasteiger partial charge in [-0.3, -0.25) is 15.0 Å². The van der Waals surface area contributed by atoms with E-state index in [0.29, 0.717) is 18.6 Å². The third-order valence-corrected chi connectivity index (χ3v) is 3.30. The average molecular weight is 222 g/mol. The van der Waals surface area contributed by atoms with Gasteiger partial charge in [-0.25, -0.2) is 0 Å². The van der Waals surface area contributed by atoms with Gasteiger partial charge in [0.2, 0.25) is 0 Å². The quantitative estimate of drug-likeness (QED) is 0.722. The highest BCUT2D eigenvalue weighted by Crippen LogP contribution is 2.15. The predicted octanol–water partition coefficient (Wildman–Crippen LogP) is 1.59. The minimum absolute atomic E-state index is 0.141. The molecular formula is C12H18N2O2. The summed E-state index contributed by atoms with van der Waals surface area (Å²) in [5.41, 5.74) is 3.52. The van der Waals surface area contributed by atoms with Crippen LogP contribution in [0.2, 0.25) is 0 Å². The lowest BCUT2D eigenvalue weighted by Gasteiger charge is -2.21. The summed E-state index contributed by atoms with van der Waals surface area (Å²) in [6.45, 7) is 0. The van der Waals surface area contributed by atoms with E-state index in [1.165, 1.54) is 0 Å². The van der Waals surface area contributed by atoms with Crippen LogP contribution in [-0.2, 0) is 9.59 Å². The Kier molecular flexibility index (Phi) is 3.70. The van der Waals surface area contributed by atoms with Crippen molar-refractivity contribution in [2.24, 2.45) is 5.10 Å². The molecule has 4 heteroatoms. The van der Waals surface area contributed by atoms with Gasteiger partial charge in [-0.05, 0) is 32.1 Å². The van der Waals surface area contributed by atoms with Crippen molar-refractivity contribution >= 4 is 17.3 Å². The largest absolute Gasteiger partial charge is 0.299 e. The van der Waals surface area contributed by atoms with Crippen LogP contribution in [0.5, 0.6) is 0 Å². The molecule has 0 radical (unpaired) electrons. The zero-order chi connectivity index (χ0) is 11.4. The first-order valence-electron chi connectivity index (χ1n) is 6.15. The summed E-state index contributed by atoms with van der Waals surface area (Å²) in [7, 11) is 0. The molecule has 0 saturated heterocycles. The molecule has 2 saturated carbocycles. The monoisotopic (exact) mass is 222 g/mol. The number of ketones is 2. The van der Waals surface area contributed by atoms with Crippen LogP contribution < -0.4 is 5.43 Å². The molecule has 1 unspecified atom stereocenters. The fourth-order valence-corrected chi connectivity index (χ4v) is 2.26. The third-order valence-electron chi connectivity index (χ3n) is 3.30. The van der Waals surface area contributed by atoms with E-state index >= 15 is 0 Å².